The molecule has 0 aliphatic carbocycles. The van der Waals surface area contributed by atoms with E-state index in [1.807, 2.05) is 18.0 Å². The molecule has 1 fully saturated rings. The van der Waals surface area contributed by atoms with Gasteiger partial charge in [-0.05, 0) is 30.4 Å². The van der Waals surface area contributed by atoms with Crippen LogP contribution < -0.4 is 0 Å². The number of hydrogen-bond donors (Lipinski definition) is 0. The number of ether oxygens (including phenoxy) is 1. The van der Waals surface area contributed by atoms with Crippen molar-refractivity contribution >= 4 is 11.8 Å². The molecule has 0 spiro atoms. The molecule has 0 amide bonds. The Balaban J connectivity index is 1.70. The van der Waals surface area contributed by atoms with E-state index in [2.05, 4.69) is 59.5 Å². The minimum atomic E-state index is 0.435. The summed E-state index contributed by atoms with van der Waals surface area (Å²) in [5, 5.41) is 0. The summed E-state index contributed by atoms with van der Waals surface area (Å²) >= 11 is 1.82. The van der Waals surface area contributed by atoms with Crippen molar-refractivity contribution in [3.63, 3.8) is 0 Å². The zero-order valence-electron chi connectivity index (χ0n) is 13.9. The van der Waals surface area contributed by atoms with Gasteiger partial charge < -0.3 is 4.74 Å². The number of morpholine rings is 1. The Morgan fingerprint density at radius 2 is 1.87 bits per heavy atom. The Hall–Kier alpha value is -1.36. The maximum atomic E-state index is 5.44. The summed E-state index contributed by atoms with van der Waals surface area (Å²) in [4.78, 5) is 7.07. The van der Waals surface area contributed by atoms with Gasteiger partial charge in [0.05, 0.1) is 18.9 Å². The number of hydrogen-bond acceptors (Lipinski definition) is 4. The molecule has 4 heteroatoms. The highest BCUT2D eigenvalue weighted by Crippen LogP contribution is 2.25. The van der Waals surface area contributed by atoms with Crippen molar-refractivity contribution in [1.82, 2.24) is 9.88 Å². The Bertz CT molecular complexity index is 606. The second-order valence-electron chi connectivity index (χ2n) is 5.93. The topological polar surface area (TPSA) is 25.4 Å². The maximum absolute atomic E-state index is 5.44. The van der Waals surface area contributed by atoms with Crippen molar-refractivity contribution < 1.29 is 4.74 Å². The summed E-state index contributed by atoms with van der Waals surface area (Å²) in [6.45, 7) is 5.99. The first-order chi connectivity index (χ1) is 11.3. The second-order valence-corrected chi connectivity index (χ2v) is 6.80. The SMILES string of the molecule is CSCc1ccc(-c2ccc([C@H](C)N3CCOCC3)cc2)nc1. The molecule has 1 aliphatic heterocycles. The van der Waals surface area contributed by atoms with E-state index in [9.17, 15) is 0 Å². The van der Waals surface area contributed by atoms with Gasteiger partial charge in [0.1, 0.15) is 0 Å². The zero-order valence-corrected chi connectivity index (χ0v) is 14.7. The van der Waals surface area contributed by atoms with E-state index < -0.39 is 0 Å². The van der Waals surface area contributed by atoms with E-state index in [-0.39, 0.29) is 0 Å². The zero-order chi connectivity index (χ0) is 16.1. The van der Waals surface area contributed by atoms with Crippen LogP contribution in [0.3, 0.4) is 0 Å². The quantitative estimate of drug-likeness (QED) is 0.828. The van der Waals surface area contributed by atoms with Crippen molar-refractivity contribution in [1.29, 1.82) is 0 Å². The molecule has 3 nitrogen and oxygen atoms in total. The van der Waals surface area contributed by atoms with Gasteiger partial charge >= 0.3 is 0 Å². The summed E-state index contributed by atoms with van der Waals surface area (Å²) < 4.78 is 5.44. The summed E-state index contributed by atoms with van der Waals surface area (Å²) in [5.74, 6) is 1.02. The molecule has 0 unspecified atom stereocenters. The molecule has 1 atom stereocenters. The third kappa shape index (κ3) is 4.14. The largest absolute Gasteiger partial charge is 0.379 e. The van der Waals surface area contributed by atoms with Crippen LogP contribution in [0.4, 0.5) is 0 Å². The Morgan fingerprint density at radius 3 is 2.48 bits per heavy atom. The van der Waals surface area contributed by atoms with Gasteiger partial charge in [0.25, 0.3) is 0 Å². The van der Waals surface area contributed by atoms with Gasteiger partial charge in [0, 0.05) is 36.6 Å². The van der Waals surface area contributed by atoms with Crippen LogP contribution >= 0.6 is 11.8 Å². The van der Waals surface area contributed by atoms with Gasteiger partial charge in [0.2, 0.25) is 0 Å². The van der Waals surface area contributed by atoms with Crippen molar-refractivity contribution in [2.45, 2.75) is 18.7 Å². The van der Waals surface area contributed by atoms with Crippen molar-refractivity contribution in [3.05, 3.63) is 53.7 Å². The lowest BCUT2D eigenvalue weighted by molar-refractivity contribution is 0.0198. The summed E-state index contributed by atoms with van der Waals surface area (Å²) in [7, 11) is 0. The lowest BCUT2D eigenvalue weighted by Crippen LogP contribution is -2.37. The van der Waals surface area contributed by atoms with Crippen LogP contribution in [-0.4, -0.2) is 42.4 Å². The molecule has 122 valence electrons. The van der Waals surface area contributed by atoms with Crippen LogP contribution in [0.15, 0.2) is 42.6 Å². The van der Waals surface area contributed by atoms with E-state index >= 15 is 0 Å². The van der Waals surface area contributed by atoms with E-state index in [0.29, 0.717) is 6.04 Å². The van der Waals surface area contributed by atoms with Crippen LogP contribution in [-0.2, 0) is 10.5 Å². The fourth-order valence-corrected chi connectivity index (χ4v) is 3.46. The Morgan fingerprint density at radius 1 is 1.13 bits per heavy atom. The van der Waals surface area contributed by atoms with Crippen LogP contribution in [0.2, 0.25) is 0 Å². The molecule has 0 N–H and O–H groups in total. The number of nitrogens with zero attached hydrogens (tertiary/aromatic N) is 2. The standard InChI is InChI=1S/C19H24N2OS/c1-15(21-9-11-22-12-10-21)17-4-6-18(7-5-17)19-8-3-16(13-20-19)14-23-2/h3-8,13,15H,9-12,14H2,1-2H3/t15-/m0/s1. The molecule has 1 aromatic carbocycles. The van der Waals surface area contributed by atoms with E-state index in [0.717, 1.165) is 37.8 Å². The highest BCUT2D eigenvalue weighted by molar-refractivity contribution is 7.97. The molecule has 2 aromatic rings. The second kappa shape index (κ2) is 7.95. The van der Waals surface area contributed by atoms with Crippen molar-refractivity contribution in [2.24, 2.45) is 0 Å². The number of thioether (sulfide) groups is 1. The first kappa shape index (κ1) is 16.5. The number of aromatic nitrogens is 1. The normalized spacial score (nSPS) is 17.1. The molecular formula is C19H24N2OS. The average molecular weight is 328 g/mol. The van der Waals surface area contributed by atoms with Crippen LogP contribution in [0.25, 0.3) is 11.3 Å². The highest BCUT2D eigenvalue weighted by atomic mass is 32.2. The molecule has 2 heterocycles. The minimum absolute atomic E-state index is 0.435. The van der Waals surface area contributed by atoms with E-state index in [4.69, 9.17) is 4.74 Å². The van der Waals surface area contributed by atoms with Gasteiger partial charge in [-0.2, -0.15) is 11.8 Å². The smallest absolute Gasteiger partial charge is 0.0702 e. The molecule has 1 aliphatic rings. The maximum Gasteiger partial charge on any atom is 0.0702 e. The lowest BCUT2D eigenvalue weighted by atomic mass is 10.0. The third-order valence-electron chi connectivity index (χ3n) is 4.42. The third-order valence-corrected chi connectivity index (χ3v) is 5.04. The van der Waals surface area contributed by atoms with Gasteiger partial charge in [-0.1, -0.05) is 30.3 Å². The number of rotatable bonds is 5. The first-order valence-electron chi connectivity index (χ1n) is 8.14. The molecule has 23 heavy (non-hydrogen) atoms. The first-order valence-corrected chi connectivity index (χ1v) is 9.53. The Labute approximate surface area is 143 Å². The summed E-state index contributed by atoms with van der Waals surface area (Å²) in [6, 6.07) is 13.5. The predicted molar refractivity (Wildman–Crippen MR) is 97.7 cm³/mol. The molecule has 3 rings (SSSR count). The molecule has 0 saturated carbocycles. The fraction of sp³-hybridized carbons (Fsp3) is 0.421. The molecule has 0 radical (unpaired) electrons. The monoisotopic (exact) mass is 328 g/mol. The van der Waals surface area contributed by atoms with Crippen LogP contribution in [0.5, 0.6) is 0 Å². The molecule has 0 bridgehead atoms. The van der Waals surface area contributed by atoms with Crippen molar-refractivity contribution in [3.8, 4) is 11.3 Å². The number of pyridine rings is 1. The van der Waals surface area contributed by atoms with Crippen LogP contribution in [0, 0.1) is 0 Å². The molecule has 1 aromatic heterocycles. The average Bonchev–Trinajstić information content (AvgIpc) is 2.63. The minimum Gasteiger partial charge on any atom is -0.379 e. The van der Waals surface area contributed by atoms with Gasteiger partial charge in [-0.15, -0.1) is 0 Å². The predicted octanol–water partition coefficient (Wildman–Crippen LogP) is 4.00. The number of benzene rings is 1. The summed E-state index contributed by atoms with van der Waals surface area (Å²) in [6.07, 6.45) is 4.10. The van der Waals surface area contributed by atoms with Gasteiger partial charge in [-0.3, -0.25) is 9.88 Å². The Kier molecular flexibility index (Phi) is 5.70. The molecule has 1 saturated heterocycles. The fourth-order valence-electron chi connectivity index (χ4n) is 2.96. The molecular weight excluding hydrogens is 304 g/mol. The van der Waals surface area contributed by atoms with Gasteiger partial charge in [-0.25, -0.2) is 0 Å². The van der Waals surface area contributed by atoms with E-state index in [1.54, 1.807) is 0 Å². The highest BCUT2D eigenvalue weighted by Gasteiger charge is 2.18. The summed E-state index contributed by atoms with van der Waals surface area (Å²) in [5.41, 5.74) is 4.85. The van der Waals surface area contributed by atoms with E-state index in [1.165, 1.54) is 16.7 Å². The lowest BCUT2D eigenvalue weighted by Gasteiger charge is -2.32. The van der Waals surface area contributed by atoms with Crippen LogP contribution in [0.1, 0.15) is 24.1 Å². The van der Waals surface area contributed by atoms with Crippen molar-refractivity contribution in [2.75, 3.05) is 32.6 Å². The van der Waals surface area contributed by atoms with Gasteiger partial charge in [0.15, 0.2) is 0 Å².